The first-order chi connectivity index (χ1) is 21.3. The molecule has 4 aromatic carbocycles. The highest BCUT2D eigenvalue weighted by Crippen LogP contribution is 2.61. The molecule has 1 heterocycles. The van der Waals surface area contributed by atoms with E-state index in [9.17, 15) is 24.0 Å². The van der Waals surface area contributed by atoms with E-state index in [0.717, 1.165) is 27.2 Å². The van der Waals surface area contributed by atoms with Crippen molar-refractivity contribution in [1.82, 2.24) is 0 Å². The first-order valence-electron chi connectivity index (χ1n) is 14.3. The maximum absolute atomic E-state index is 14.2. The first kappa shape index (κ1) is 27.3. The van der Waals surface area contributed by atoms with Gasteiger partial charge in [-0.3, -0.25) is 19.2 Å². The van der Waals surface area contributed by atoms with Crippen LogP contribution in [0.3, 0.4) is 0 Å². The predicted molar refractivity (Wildman–Crippen MR) is 162 cm³/mol. The number of rotatable bonds is 6. The number of benzene rings is 4. The molecule has 9 nitrogen and oxygen atoms in total. The number of nitrogens with zero attached hydrogens (tertiary/aromatic N) is 1. The largest absolute Gasteiger partial charge is 0.452 e. The molecule has 2 N–H and O–H groups in total. The Morgan fingerprint density at radius 2 is 1.11 bits per heavy atom. The Morgan fingerprint density at radius 3 is 1.61 bits per heavy atom. The van der Waals surface area contributed by atoms with Crippen LogP contribution in [0.25, 0.3) is 0 Å². The van der Waals surface area contributed by atoms with Gasteiger partial charge in [0.2, 0.25) is 17.7 Å². The Bertz CT molecular complexity index is 1750. The average Bonchev–Trinajstić information content (AvgIpc) is 3.30. The van der Waals surface area contributed by atoms with E-state index in [1.54, 1.807) is 42.5 Å². The number of amides is 4. The van der Waals surface area contributed by atoms with Crippen molar-refractivity contribution in [1.29, 1.82) is 0 Å². The van der Waals surface area contributed by atoms with Crippen molar-refractivity contribution in [3.05, 3.63) is 125 Å². The van der Waals surface area contributed by atoms with Crippen molar-refractivity contribution >= 4 is 46.7 Å². The second kappa shape index (κ2) is 10.6. The number of nitrogens with one attached hydrogen (secondary N) is 2. The van der Waals surface area contributed by atoms with E-state index in [0.29, 0.717) is 11.4 Å². The Hall–Kier alpha value is -5.57. The molecule has 44 heavy (non-hydrogen) atoms. The van der Waals surface area contributed by atoms with Gasteiger partial charge in [-0.2, -0.15) is 0 Å². The molecule has 4 amide bonds. The molecule has 1 saturated heterocycles. The lowest BCUT2D eigenvalue weighted by Crippen LogP contribution is -2.41. The molecule has 3 aliphatic carbocycles. The van der Waals surface area contributed by atoms with Crippen molar-refractivity contribution in [3.8, 4) is 0 Å². The molecule has 2 atom stereocenters. The summed E-state index contributed by atoms with van der Waals surface area (Å²) >= 11 is 0. The maximum Gasteiger partial charge on any atom is 0.340 e. The van der Waals surface area contributed by atoms with Crippen LogP contribution in [-0.4, -0.2) is 36.2 Å². The summed E-state index contributed by atoms with van der Waals surface area (Å²) in [5.74, 6) is -4.04. The van der Waals surface area contributed by atoms with Crippen LogP contribution in [0.2, 0.25) is 0 Å². The minimum atomic E-state index is -0.832. The summed E-state index contributed by atoms with van der Waals surface area (Å²) in [5, 5.41) is 5.27. The van der Waals surface area contributed by atoms with E-state index >= 15 is 0 Å². The van der Waals surface area contributed by atoms with Gasteiger partial charge in [0.25, 0.3) is 5.91 Å². The predicted octanol–water partition coefficient (Wildman–Crippen LogP) is 4.84. The molecule has 0 unspecified atom stereocenters. The van der Waals surface area contributed by atoms with Gasteiger partial charge in [-0.15, -0.1) is 0 Å². The zero-order chi connectivity index (χ0) is 30.5. The number of anilines is 3. The second-order valence-corrected chi connectivity index (χ2v) is 11.2. The van der Waals surface area contributed by atoms with Crippen molar-refractivity contribution in [2.75, 3.05) is 22.1 Å². The molecule has 0 radical (unpaired) electrons. The zero-order valence-corrected chi connectivity index (χ0v) is 23.7. The maximum atomic E-state index is 14.2. The molecule has 8 rings (SSSR count). The van der Waals surface area contributed by atoms with Crippen LogP contribution < -0.4 is 15.5 Å². The SMILES string of the molecule is CC(=O)Nc1ccc(NC(=O)COC(=O)c2ccccc2N2C(=O)[C@@H]3C4c5ccccc5C(c5ccccc54)[C@H]3C2=O)cc1. The van der Waals surface area contributed by atoms with E-state index in [1.807, 2.05) is 48.5 Å². The molecule has 1 aliphatic heterocycles. The Labute approximate surface area is 252 Å². The smallest absolute Gasteiger partial charge is 0.340 e. The van der Waals surface area contributed by atoms with Gasteiger partial charge >= 0.3 is 5.97 Å². The number of carbonyl (C=O) groups excluding carboxylic acids is 5. The molecule has 9 heteroatoms. The summed E-state index contributed by atoms with van der Waals surface area (Å²) < 4.78 is 5.33. The fourth-order valence-electron chi connectivity index (χ4n) is 7.00. The minimum absolute atomic E-state index is 0.0164. The topological polar surface area (TPSA) is 122 Å². The number of para-hydroxylation sites is 1. The van der Waals surface area contributed by atoms with Crippen LogP contribution in [0.15, 0.2) is 97.1 Å². The summed E-state index contributed by atoms with van der Waals surface area (Å²) in [6, 6.07) is 28.7. The zero-order valence-electron chi connectivity index (χ0n) is 23.7. The fourth-order valence-corrected chi connectivity index (χ4v) is 7.00. The lowest BCUT2D eigenvalue weighted by atomic mass is 9.55. The highest BCUT2D eigenvalue weighted by Gasteiger charge is 2.62. The fraction of sp³-hybridized carbons (Fsp3) is 0.171. The molecule has 1 fully saturated rings. The third-order valence-electron chi connectivity index (χ3n) is 8.64. The molecular weight excluding hydrogens is 558 g/mol. The third kappa shape index (κ3) is 4.36. The lowest BCUT2D eigenvalue weighted by Gasteiger charge is -2.45. The first-order valence-corrected chi connectivity index (χ1v) is 14.3. The normalized spacial score (nSPS) is 20.8. The highest BCUT2D eigenvalue weighted by molar-refractivity contribution is 6.25. The molecule has 4 aromatic rings. The van der Waals surface area contributed by atoms with Gasteiger partial charge in [0.05, 0.1) is 23.1 Å². The van der Waals surface area contributed by atoms with Gasteiger partial charge in [-0.1, -0.05) is 60.7 Å². The summed E-state index contributed by atoms with van der Waals surface area (Å²) in [6.07, 6.45) is 0. The monoisotopic (exact) mass is 585 g/mol. The number of esters is 1. The number of imide groups is 1. The summed E-state index contributed by atoms with van der Waals surface area (Å²) in [6.45, 7) is 0.815. The second-order valence-electron chi connectivity index (χ2n) is 11.2. The van der Waals surface area contributed by atoms with Crippen LogP contribution >= 0.6 is 0 Å². The van der Waals surface area contributed by atoms with E-state index in [4.69, 9.17) is 4.74 Å². The lowest BCUT2D eigenvalue weighted by molar-refractivity contribution is -0.123. The standard InChI is InChI=1S/C35H27N3O6/c1-19(39)36-20-14-16-21(17-15-20)37-28(40)18-44-35(43)26-12-6-7-13-27(26)38-33(41)31-29-22-8-2-3-9-23(22)30(32(31)34(38)42)25-11-5-4-10-24(25)29/h2-17,29-32H,18H2,1H3,(H,36,39)(H,37,40)/t29?,30?,31-,32-/m1/s1. The number of hydrogen-bond acceptors (Lipinski definition) is 6. The van der Waals surface area contributed by atoms with Crippen molar-refractivity contribution in [2.24, 2.45) is 11.8 Å². The van der Waals surface area contributed by atoms with E-state index < -0.39 is 30.3 Å². The molecule has 0 saturated carbocycles. The highest BCUT2D eigenvalue weighted by atomic mass is 16.5. The quantitative estimate of drug-likeness (QED) is 0.247. The molecule has 218 valence electrons. The molecule has 2 bridgehead atoms. The Balaban J connectivity index is 1.12. The van der Waals surface area contributed by atoms with E-state index in [-0.39, 0.29) is 40.8 Å². The summed E-state index contributed by atoms with van der Waals surface area (Å²) in [5.41, 5.74) is 5.42. The number of ether oxygens (including phenoxy) is 1. The van der Waals surface area contributed by atoms with Crippen molar-refractivity contribution < 1.29 is 28.7 Å². The molecule has 0 aromatic heterocycles. The van der Waals surface area contributed by atoms with Crippen LogP contribution in [0.5, 0.6) is 0 Å². The van der Waals surface area contributed by atoms with Crippen LogP contribution in [0.4, 0.5) is 17.1 Å². The van der Waals surface area contributed by atoms with Gasteiger partial charge in [0, 0.05) is 30.1 Å². The van der Waals surface area contributed by atoms with Gasteiger partial charge in [-0.25, -0.2) is 9.69 Å². The number of carbonyl (C=O) groups is 5. The van der Waals surface area contributed by atoms with E-state index in [1.165, 1.54) is 13.0 Å². The average molecular weight is 586 g/mol. The Morgan fingerprint density at radius 1 is 0.659 bits per heavy atom. The summed E-state index contributed by atoms with van der Waals surface area (Å²) in [7, 11) is 0. The molecular formula is C35H27N3O6. The van der Waals surface area contributed by atoms with Gasteiger partial charge in [0.1, 0.15) is 0 Å². The van der Waals surface area contributed by atoms with Crippen molar-refractivity contribution in [3.63, 3.8) is 0 Å². The van der Waals surface area contributed by atoms with Crippen LogP contribution in [-0.2, 0) is 23.9 Å². The summed E-state index contributed by atoms with van der Waals surface area (Å²) in [4.78, 5) is 66.5. The van der Waals surface area contributed by atoms with Crippen molar-refractivity contribution in [2.45, 2.75) is 18.8 Å². The Kier molecular flexibility index (Phi) is 6.58. The van der Waals surface area contributed by atoms with Gasteiger partial charge < -0.3 is 15.4 Å². The van der Waals surface area contributed by atoms with Crippen LogP contribution in [0, 0.1) is 11.8 Å². The van der Waals surface area contributed by atoms with Crippen LogP contribution in [0.1, 0.15) is 51.4 Å². The van der Waals surface area contributed by atoms with E-state index in [2.05, 4.69) is 10.6 Å². The third-order valence-corrected chi connectivity index (χ3v) is 8.64. The minimum Gasteiger partial charge on any atom is -0.452 e. The molecule has 4 aliphatic rings. The van der Waals surface area contributed by atoms with Gasteiger partial charge in [-0.05, 0) is 58.7 Å². The van der Waals surface area contributed by atoms with Gasteiger partial charge in [0.15, 0.2) is 6.61 Å². The number of hydrogen-bond donors (Lipinski definition) is 2. The molecule has 0 spiro atoms.